The van der Waals surface area contributed by atoms with Gasteiger partial charge in [0.2, 0.25) is 5.91 Å². The molecular weight excluding hydrogens is 649 g/mol. The third-order valence-electron chi connectivity index (χ3n) is 16.8. The van der Waals surface area contributed by atoms with Crippen LogP contribution in [0.15, 0.2) is 35.9 Å². The van der Waals surface area contributed by atoms with Crippen molar-refractivity contribution >= 4 is 17.8 Å². The predicted molar refractivity (Wildman–Crippen MR) is 205 cm³/mol. The third kappa shape index (κ3) is 5.89. The predicted octanol–water partition coefficient (Wildman–Crippen LogP) is 9.31. The molecule has 1 heterocycles. The highest BCUT2D eigenvalue weighted by Gasteiger charge is 2.69. The maximum Gasteiger partial charge on any atom is 0.339 e. The number of carbonyl (C=O) groups is 3. The molecule has 8 atom stereocenters. The summed E-state index contributed by atoms with van der Waals surface area (Å²) in [6.45, 7) is 21.4. The van der Waals surface area contributed by atoms with Crippen LogP contribution in [-0.2, 0) is 9.53 Å². The van der Waals surface area contributed by atoms with Gasteiger partial charge in [-0.3, -0.25) is 4.79 Å². The molecule has 1 aromatic carbocycles. The van der Waals surface area contributed by atoms with Crippen molar-refractivity contribution in [3.05, 3.63) is 47.0 Å². The quantitative estimate of drug-likeness (QED) is 0.158. The number of hydrogen-bond acceptors (Lipinski definition) is 5. The number of allylic oxidation sites excluding steroid dienone is 2. The first-order valence-electron chi connectivity index (χ1n) is 20.7. The number of carboxylic acids is 1. The van der Waals surface area contributed by atoms with Gasteiger partial charge >= 0.3 is 11.9 Å². The molecule has 4 saturated carbocycles. The van der Waals surface area contributed by atoms with Crippen LogP contribution in [0, 0.1) is 50.2 Å². The number of likely N-dealkylation sites (tertiary alicyclic amines) is 1. The Morgan fingerprint density at radius 3 is 2.27 bits per heavy atom. The van der Waals surface area contributed by atoms with E-state index in [1.807, 2.05) is 0 Å². The number of hydrogen-bond donors (Lipinski definition) is 2. The minimum absolute atomic E-state index is 0.00900. The van der Waals surface area contributed by atoms with Gasteiger partial charge in [0.15, 0.2) is 0 Å². The molecule has 1 aromatic rings. The van der Waals surface area contributed by atoms with Gasteiger partial charge in [0.25, 0.3) is 0 Å². The SMILES string of the molecule is CC1(C)CC[C@]2(C(=O)NCCCN3CCCC3)CC[C@]3(C)C(=CC[C@@H]4[C@@]5(C)CC[C@H](OC(=O)c6ccccc6C(=O)O)C(C)(C)C5CC[C@]43C)[C@@H]2C1. The van der Waals surface area contributed by atoms with E-state index >= 15 is 0 Å². The third-order valence-corrected chi connectivity index (χ3v) is 16.8. The number of ether oxygens (including phenoxy) is 1. The molecule has 286 valence electrons. The lowest BCUT2D eigenvalue weighted by atomic mass is 9.33. The van der Waals surface area contributed by atoms with Crippen molar-refractivity contribution in [2.45, 2.75) is 138 Å². The van der Waals surface area contributed by atoms with E-state index in [1.165, 1.54) is 32.0 Å². The van der Waals surface area contributed by atoms with Gasteiger partial charge in [0, 0.05) is 12.0 Å². The number of amides is 1. The summed E-state index contributed by atoms with van der Waals surface area (Å²) >= 11 is 0. The molecule has 5 aliphatic carbocycles. The maximum atomic E-state index is 14.4. The first-order chi connectivity index (χ1) is 24.5. The first kappa shape index (κ1) is 37.6. The number of carboxylic acid groups (broad SMARTS) is 1. The highest BCUT2D eigenvalue weighted by atomic mass is 16.5. The Morgan fingerprint density at radius 1 is 0.865 bits per heavy atom. The number of aromatic carboxylic acids is 1. The fourth-order valence-corrected chi connectivity index (χ4v) is 13.6. The molecule has 1 aliphatic heterocycles. The van der Waals surface area contributed by atoms with Crippen molar-refractivity contribution in [1.82, 2.24) is 10.2 Å². The number of nitrogens with zero attached hydrogens (tertiary/aromatic N) is 1. The van der Waals surface area contributed by atoms with Crippen molar-refractivity contribution in [3.8, 4) is 0 Å². The van der Waals surface area contributed by atoms with Gasteiger partial charge < -0.3 is 20.1 Å². The number of nitrogens with one attached hydrogen (secondary N) is 1. The van der Waals surface area contributed by atoms with Crippen LogP contribution in [0.25, 0.3) is 0 Å². The van der Waals surface area contributed by atoms with Crippen molar-refractivity contribution < 1.29 is 24.2 Å². The lowest BCUT2D eigenvalue weighted by Gasteiger charge is -2.71. The Labute approximate surface area is 313 Å². The molecule has 1 unspecified atom stereocenters. The molecule has 1 amide bonds. The fourth-order valence-electron chi connectivity index (χ4n) is 13.6. The molecule has 0 aromatic heterocycles. The number of carbonyl (C=O) groups excluding carboxylic acids is 2. The Morgan fingerprint density at radius 2 is 1.56 bits per heavy atom. The highest BCUT2D eigenvalue weighted by Crippen LogP contribution is 2.76. The number of fused-ring (bicyclic) bond motifs is 7. The van der Waals surface area contributed by atoms with E-state index in [1.54, 1.807) is 23.8 Å². The summed E-state index contributed by atoms with van der Waals surface area (Å²) in [5, 5.41) is 13.2. The molecule has 7 heteroatoms. The van der Waals surface area contributed by atoms with Crippen LogP contribution in [0.5, 0.6) is 0 Å². The van der Waals surface area contributed by atoms with Gasteiger partial charge in [-0.05, 0) is 155 Å². The fraction of sp³-hybridized carbons (Fsp3) is 0.756. The molecule has 1 saturated heterocycles. The second-order valence-electron chi connectivity index (χ2n) is 20.1. The summed E-state index contributed by atoms with van der Waals surface area (Å²) in [7, 11) is 0. The van der Waals surface area contributed by atoms with Crippen LogP contribution in [0.2, 0.25) is 0 Å². The topological polar surface area (TPSA) is 95.9 Å². The van der Waals surface area contributed by atoms with E-state index in [9.17, 15) is 19.5 Å². The summed E-state index contributed by atoms with van der Waals surface area (Å²) in [6, 6.07) is 6.39. The van der Waals surface area contributed by atoms with Crippen molar-refractivity contribution in [2.24, 2.45) is 50.2 Å². The zero-order valence-corrected chi connectivity index (χ0v) is 33.2. The van der Waals surface area contributed by atoms with Crippen LogP contribution in [0.3, 0.4) is 0 Å². The van der Waals surface area contributed by atoms with Crippen molar-refractivity contribution in [1.29, 1.82) is 0 Å². The Kier molecular flexibility index (Phi) is 9.60. The zero-order chi connectivity index (χ0) is 37.3. The van der Waals surface area contributed by atoms with Gasteiger partial charge in [0.05, 0.1) is 16.5 Å². The second kappa shape index (κ2) is 13.3. The molecule has 7 rings (SSSR count). The largest absolute Gasteiger partial charge is 0.478 e. The van der Waals surface area contributed by atoms with Gasteiger partial charge in [-0.2, -0.15) is 0 Å². The molecule has 5 fully saturated rings. The minimum atomic E-state index is -1.11. The summed E-state index contributed by atoms with van der Waals surface area (Å²) in [4.78, 5) is 42.4. The lowest BCUT2D eigenvalue weighted by Crippen LogP contribution is -2.65. The molecule has 2 N–H and O–H groups in total. The van der Waals surface area contributed by atoms with E-state index in [2.05, 4.69) is 64.8 Å². The maximum absolute atomic E-state index is 14.4. The number of rotatable bonds is 8. The summed E-state index contributed by atoms with van der Waals surface area (Å²) in [5.74, 6) is -0.161. The standard InChI is InChI=1S/C45H66N2O5/c1-40(2)21-23-45(39(51)46-25-12-28-47-26-10-11-27-47)24-22-43(6)32(33(45)29-40)15-16-35-42(5)19-18-36(41(3,4)34(42)17-20-44(35,43)7)52-38(50)31-14-9-8-13-30(31)37(48)49/h8-9,13-15,33-36H,10-12,16-29H2,1-7H3,(H,46,51)(H,48,49)/t33-,34?,35+,36-,42-,43+,44+,45-/m0/s1. The van der Waals surface area contributed by atoms with Gasteiger partial charge in [0.1, 0.15) is 6.10 Å². The Hall–Kier alpha value is -2.67. The summed E-state index contributed by atoms with van der Waals surface area (Å²) in [6.07, 6.45) is 16.3. The number of benzene rings is 1. The van der Waals surface area contributed by atoms with Crippen LogP contribution < -0.4 is 5.32 Å². The van der Waals surface area contributed by atoms with E-state index in [4.69, 9.17) is 4.74 Å². The minimum Gasteiger partial charge on any atom is -0.478 e. The van der Waals surface area contributed by atoms with Gasteiger partial charge in [-0.1, -0.05) is 72.2 Å². The Bertz CT molecular complexity index is 1610. The van der Waals surface area contributed by atoms with Crippen LogP contribution in [-0.4, -0.2) is 60.1 Å². The smallest absolute Gasteiger partial charge is 0.339 e. The average molecular weight is 715 g/mol. The van der Waals surface area contributed by atoms with Crippen LogP contribution in [0.1, 0.15) is 153 Å². The van der Waals surface area contributed by atoms with E-state index in [0.717, 1.165) is 83.7 Å². The summed E-state index contributed by atoms with van der Waals surface area (Å²) in [5.41, 5.74) is 1.60. The van der Waals surface area contributed by atoms with Crippen molar-refractivity contribution in [2.75, 3.05) is 26.2 Å². The second-order valence-corrected chi connectivity index (χ2v) is 20.1. The normalized spacial score (nSPS) is 39.2. The first-order valence-corrected chi connectivity index (χ1v) is 20.7. The molecular formula is C45H66N2O5. The van der Waals surface area contributed by atoms with E-state index in [0.29, 0.717) is 17.7 Å². The van der Waals surface area contributed by atoms with Gasteiger partial charge in [-0.25, -0.2) is 9.59 Å². The molecule has 7 nitrogen and oxygen atoms in total. The monoisotopic (exact) mass is 714 g/mol. The van der Waals surface area contributed by atoms with E-state index < -0.39 is 11.9 Å². The van der Waals surface area contributed by atoms with Gasteiger partial charge in [-0.15, -0.1) is 0 Å². The van der Waals surface area contributed by atoms with Crippen LogP contribution in [0.4, 0.5) is 0 Å². The molecule has 0 bridgehead atoms. The molecule has 6 aliphatic rings. The zero-order valence-electron chi connectivity index (χ0n) is 33.2. The Balaban J connectivity index is 1.13. The molecule has 52 heavy (non-hydrogen) atoms. The highest BCUT2D eigenvalue weighted by molar-refractivity contribution is 6.02. The lowest BCUT2D eigenvalue weighted by molar-refractivity contribution is -0.204. The van der Waals surface area contributed by atoms with Crippen molar-refractivity contribution in [3.63, 3.8) is 0 Å². The van der Waals surface area contributed by atoms with E-state index in [-0.39, 0.29) is 55.6 Å². The summed E-state index contributed by atoms with van der Waals surface area (Å²) < 4.78 is 6.26. The molecule has 0 spiro atoms. The molecule has 0 radical (unpaired) electrons. The van der Waals surface area contributed by atoms with Crippen LogP contribution >= 0.6 is 0 Å². The number of esters is 1. The average Bonchev–Trinajstić information content (AvgIpc) is 3.61.